The molecule has 0 aliphatic rings. The van der Waals surface area contributed by atoms with E-state index in [0.717, 1.165) is 12.1 Å². The van der Waals surface area contributed by atoms with E-state index >= 15 is 0 Å². The third-order valence-corrected chi connectivity index (χ3v) is 4.01. The van der Waals surface area contributed by atoms with Gasteiger partial charge in [-0.05, 0) is 29.1 Å². The topological polar surface area (TPSA) is 73.6 Å². The van der Waals surface area contributed by atoms with Crippen LogP contribution in [0.15, 0.2) is 29.6 Å². The predicted molar refractivity (Wildman–Crippen MR) is 94.8 cm³/mol. The molecule has 0 atom stereocenters. The number of hydrogen-bond acceptors (Lipinski definition) is 5. The first-order valence-electron chi connectivity index (χ1n) is 6.60. The van der Waals surface area contributed by atoms with Crippen molar-refractivity contribution in [3.63, 3.8) is 0 Å². The Labute approximate surface area is 150 Å². The fourth-order valence-electron chi connectivity index (χ4n) is 1.90. The maximum Gasteiger partial charge on any atom is 0.255 e. The van der Waals surface area contributed by atoms with Crippen LogP contribution in [0.1, 0.15) is 10.4 Å². The van der Waals surface area contributed by atoms with E-state index in [1.807, 2.05) is 17.5 Å². The summed E-state index contributed by atoms with van der Waals surface area (Å²) >= 11 is 7.90. The van der Waals surface area contributed by atoms with Crippen molar-refractivity contribution in [1.29, 1.82) is 0 Å². The van der Waals surface area contributed by atoms with E-state index in [1.165, 1.54) is 12.0 Å². The van der Waals surface area contributed by atoms with Crippen molar-refractivity contribution >= 4 is 41.3 Å². The van der Waals surface area contributed by atoms with Gasteiger partial charge in [0.25, 0.3) is 5.91 Å². The highest BCUT2D eigenvalue weighted by molar-refractivity contribution is 7.09. The van der Waals surface area contributed by atoms with Crippen molar-refractivity contribution in [2.75, 3.05) is 13.7 Å². The Morgan fingerprint density at radius 2 is 2.17 bits per heavy atom. The van der Waals surface area contributed by atoms with Crippen LogP contribution in [-0.2, 0) is 17.9 Å². The molecule has 1 aromatic carbocycles. The molecule has 2 aromatic rings. The maximum absolute atomic E-state index is 10.8. The Morgan fingerprint density at radius 3 is 2.78 bits per heavy atom. The third-order valence-electron chi connectivity index (χ3n) is 2.86. The van der Waals surface area contributed by atoms with Gasteiger partial charge in [0.05, 0.1) is 12.1 Å². The summed E-state index contributed by atoms with van der Waals surface area (Å²) in [6.07, 6.45) is 0. The van der Waals surface area contributed by atoms with Crippen molar-refractivity contribution in [3.05, 3.63) is 45.1 Å². The number of ether oxygens (including phenoxy) is 2. The first-order valence-corrected chi connectivity index (χ1v) is 7.86. The molecule has 8 heteroatoms. The first-order chi connectivity index (χ1) is 10.6. The van der Waals surface area contributed by atoms with Gasteiger partial charge in [-0.2, -0.15) is 0 Å². The van der Waals surface area contributed by atoms with E-state index in [0.29, 0.717) is 23.1 Å². The number of primary amides is 1. The predicted octanol–water partition coefficient (Wildman–Crippen LogP) is 2.99. The van der Waals surface area contributed by atoms with E-state index in [9.17, 15) is 4.79 Å². The zero-order valence-corrected chi connectivity index (χ0v) is 14.9. The molecule has 0 spiro atoms. The summed E-state index contributed by atoms with van der Waals surface area (Å²) in [4.78, 5) is 12.1. The van der Waals surface area contributed by atoms with Crippen LogP contribution in [0.3, 0.4) is 0 Å². The number of methoxy groups -OCH3 is 1. The lowest BCUT2D eigenvalue weighted by Gasteiger charge is -2.13. The number of hydrogen-bond donors (Lipinski definition) is 2. The van der Waals surface area contributed by atoms with Crippen molar-refractivity contribution in [2.45, 2.75) is 13.1 Å². The molecule has 0 saturated carbocycles. The van der Waals surface area contributed by atoms with Gasteiger partial charge in [-0.1, -0.05) is 17.7 Å². The molecule has 126 valence electrons. The summed E-state index contributed by atoms with van der Waals surface area (Å²) < 4.78 is 10.6. The Bertz CT molecular complexity index is 636. The van der Waals surface area contributed by atoms with Crippen LogP contribution in [0.5, 0.6) is 11.5 Å². The van der Waals surface area contributed by atoms with Gasteiger partial charge in [-0.3, -0.25) is 4.79 Å². The Kier molecular flexibility index (Phi) is 8.19. The summed E-state index contributed by atoms with van der Waals surface area (Å²) in [6.45, 7) is 1.19. The second kappa shape index (κ2) is 9.62. The number of nitrogens with two attached hydrogens (primary N) is 1. The quantitative estimate of drug-likeness (QED) is 0.742. The molecule has 0 fully saturated rings. The van der Waals surface area contributed by atoms with Gasteiger partial charge in [0.2, 0.25) is 0 Å². The fourth-order valence-corrected chi connectivity index (χ4v) is 2.86. The van der Waals surface area contributed by atoms with Crippen molar-refractivity contribution < 1.29 is 14.3 Å². The largest absolute Gasteiger partial charge is 0.493 e. The molecule has 5 nitrogen and oxygen atoms in total. The standard InChI is InChI=1S/C15H17ClN2O3S.ClH/c1-20-13-6-10(7-18-8-11-3-2-4-22-11)5-12(16)15(13)21-9-14(17)19;/h2-6,18H,7-9H2,1H3,(H2,17,19);1H. The number of rotatable bonds is 8. The molecule has 23 heavy (non-hydrogen) atoms. The molecule has 1 amide bonds. The van der Waals surface area contributed by atoms with Crippen molar-refractivity contribution in [3.8, 4) is 11.5 Å². The van der Waals surface area contributed by atoms with Crippen molar-refractivity contribution in [1.82, 2.24) is 5.32 Å². The van der Waals surface area contributed by atoms with E-state index in [4.69, 9.17) is 26.8 Å². The summed E-state index contributed by atoms with van der Waals surface area (Å²) in [5.74, 6) is 0.228. The smallest absolute Gasteiger partial charge is 0.255 e. The first kappa shape index (κ1) is 19.6. The van der Waals surface area contributed by atoms with Gasteiger partial charge in [-0.25, -0.2) is 0 Å². The molecule has 2 rings (SSSR count). The Balaban J connectivity index is 0.00000264. The van der Waals surface area contributed by atoms with Gasteiger partial charge >= 0.3 is 0 Å². The van der Waals surface area contributed by atoms with E-state index < -0.39 is 5.91 Å². The van der Waals surface area contributed by atoms with Gasteiger partial charge in [0, 0.05) is 18.0 Å². The van der Waals surface area contributed by atoms with Gasteiger partial charge in [0.1, 0.15) is 0 Å². The second-order valence-corrected chi connectivity index (χ2v) is 5.99. The summed E-state index contributed by atoms with van der Waals surface area (Å²) in [5, 5.41) is 5.76. The Hall–Kier alpha value is -1.47. The van der Waals surface area contributed by atoms with E-state index in [1.54, 1.807) is 17.4 Å². The number of halogens is 2. The summed E-state index contributed by atoms with van der Waals surface area (Å²) in [7, 11) is 1.52. The van der Waals surface area contributed by atoms with Crippen LogP contribution >= 0.6 is 35.3 Å². The summed E-state index contributed by atoms with van der Waals surface area (Å²) in [6, 6.07) is 7.70. The molecule has 1 aromatic heterocycles. The fraction of sp³-hybridized carbons (Fsp3) is 0.267. The molecule has 3 N–H and O–H groups in total. The van der Waals surface area contributed by atoms with Crippen LogP contribution < -0.4 is 20.5 Å². The lowest BCUT2D eigenvalue weighted by molar-refractivity contribution is -0.119. The maximum atomic E-state index is 10.8. The second-order valence-electron chi connectivity index (χ2n) is 4.55. The highest BCUT2D eigenvalue weighted by Gasteiger charge is 2.13. The lowest BCUT2D eigenvalue weighted by Crippen LogP contribution is -2.20. The molecule has 0 aliphatic carbocycles. The number of benzene rings is 1. The number of nitrogens with one attached hydrogen (secondary N) is 1. The monoisotopic (exact) mass is 376 g/mol. The molecule has 0 unspecified atom stereocenters. The van der Waals surface area contributed by atoms with E-state index in [2.05, 4.69) is 11.4 Å². The molecule has 0 saturated heterocycles. The third kappa shape index (κ3) is 5.91. The molecule has 0 bridgehead atoms. The summed E-state index contributed by atoms with van der Waals surface area (Å²) in [5.41, 5.74) is 6.03. The minimum atomic E-state index is -0.570. The molecule has 1 heterocycles. The zero-order valence-electron chi connectivity index (χ0n) is 12.5. The number of carbonyl (C=O) groups excluding carboxylic acids is 1. The van der Waals surface area contributed by atoms with Crippen LogP contribution in [0.2, 0.25) is 5.02 Å². The SMILES string of the molecule is COc1cc(CNCc2cccs2)cc(Cl)c1OCC(N)=O.Cl. The van der Waals surface area contributed by atoms with Crippen LogP contribution in [-0.4, -0.2) is 19.6 Å². The highest BCUT2D eigenvalue weighted by Crippen LogP contribution is 2.36. The average Bonchev–Trinajstić information content (AvgIpc) is 2.98. The molecular formula is C15H18Cl2N2O3S. The van der Waals surface area contributed by atoms with Gasteiger partial charge in [-0.15, -0.1) is 23.7 Å². The molecular weight excluding hydrogens is 359 g/mol. The van der Waals surface area contributed by atoms with Crippen LogP contribution in [0.25, 0.3) is 0 Å². The number of amides is 1. The van der Waals surface area contributed by atoms with Gasteiger partial charge in [0.15, 0.2) is 18.1 Å². The van der Waals surface area contributed by atoms with Crippen LogP contribution in [0.4, 0.5) is 0 Å². The lowest BCUT2D eigenvalue weighted by atomic mass is 10.2. The zero-order chi connectivity index (χ0) is 15.9. The average molecular weight is 377 g/mol. The minimum absolute atomic E-state index is 0. The molecule has 0 aliphatic heterocycles. The number of thiophene rings is 1. The van der Waals surface area contributed by atoms with Crippen LogP contribution in [0, 0.1) is 0 Å². The normalized spacial score (nSPS) is 10.0. The number of carbonyl (C=O) groups is 1. The van der Waals surface area contributed by atoms with Gasteiger partial charge < -0.3 is 20.5 Å². The van der Waals surface area contributed by atoms with Crippen molar-refractivity contribution in [2.24, 2.45) is 5.73 Å². The highest BCUT2D eigenvalue weighted by atomic mass is 35.5. The van der Waals surface area contributed by atoms with E-state index in [-0.39, 0.29) is 19.0 Å². The molecule has 0 radical (unpaired) electrons. The minimum Gasteiger partial charge on any atom is -0.493 e. The Morgan fingerprint density at radius 1 is 1.39 bits per heavy atom.